The molecule has 0 atom stereocenters. The molecule has 2 heterocycles. The van der Waals surface area contributed by atoms with Crippen molar-refractivity contribution in [3.8, 4) is 0 Å². The van der Waals surface area contributed by atoms with Gasteiger partial charge in [-0.2, -0.15) is 0 Å². The number of fused-ring (bicyclic) bond motifs is 1. The zero-order valence-electron chi connectivity index (χ0n) is 19.4. The molecule has 0 aromatic heterocycles. The van der Waals surface area contributed by atoms with Crippen molar-refractivity contribution >= 4 is 23.3 Å². The van der Waals surface area contributed by atoms with Gasteiger partial charge in [0.1, 0.15) is 5.60 Å². The van der Waals surface area contributed by atoms with Gasteiger partial charge in [-0.15, -0.1) is 0 Å². The van der Waals surface area contributed by atoms with E-state index in [4.69, 9.17) is 11.6 Å². The highest BCUT2D eigenvalue weighted by molar-refractivity contribution is 6.30. The molecule has 176 valence electrons. The maximum atomic E-state index is 13.6. The van der Waals surface area contributed by atoms with Gasteiger partial charge in [-0.3, -0.25) is 4.90 Å². The number of carbonyl (C=O) groups excluding carboxylic acids is 1. The number of amides is 2. The molecule has 0 aliphatic carbocycles. The van der Waals surface area contributed by atoms with Crippen LogP contribution in [0.25, 0.3) is 0 Å². The molecule has 0 unspecified atom stereocenters. The minimum Gasteiger partial charge on any atom is -0.380 e. The van der Waals surface area contributed by atoms with Gasteiger partial charge in [-0.1, -0.05) is 72.3 Å². The highest BCUT2D eigenvalue weighted by Crippen LogP contribution is 2.42. The molecule has 1 fully saturated rings. The van der Waals surface area contributed by atoms with Crippen LogP contribution in [-0.2, 0) is 12.0 Å². The first kappa shape index (κ1) is 22.9. The smallest absolute Gasteiger partial charge is 0.324 e. The van der Waals surface area contributed by atoms with E-state index in [9.17, 15) is 9.90 Å². The number of aliphatic hydroxyl groups is 1. The number of hydrogen-bond donors (Lipinski definition) is 1. The number of anilines is 1. The van der Waals surface area contributed by atoms with Crippen LogP contribution in [0, 0.1) is 5.92 Å². The van der Waals surface area contributed by atoms with Gasteiger partial charge in [0.25, 0.3) is 0 Å². The first-order valence-electron chi connectivity index (χ1n) is 12.3. The number of aryl methyl sites for hydroxylation is 1. The number of halogens is 1. The van der Waals surface area contributed by atoms with Crippen LogP contribution in [0.2, 0.25) is 5.02 Å². The lowest BCUT2D eigenvalue weighted by molar-refractivity contribution is -0.00891. The zero-order chi connectivity index (χ0) is 23.5. The first-order chi connectivity index (χ1) is 16.6. The summed E-state index contributed by atoms with van der Waals surface area (Å²) >= 11 is 6.23. The number of likely N-dealkylation sites (tertiary alicyclic amines) is 1. The molecule has 2 amide bonds. The number of rotatable bonds is 3. The molecule has 34 heavy (non-hydrogen) atoms. The van der Waals surface area contributed by atoms with Crippen molar-refractivity contribution in [2.75, 3.05) is 24.5 Å². The van der Waals surface area contributed by atoms with E-state index in [1.807, 2.05) is 88.7 Å². The summed E-state index contributed by atoms with van der Waals surface area (Å²) in [7, 11) is 0. The fourth-order valence-electron chi connectivity index (χ4n) is 5.60. The second kappa shape index (κ2) is 9.81. The third-order valence-corrected chi connectivity index (χ3v) is 7.66. The van der Waals surface area contributed by atoms with Crippen LogP contribution in [0.5, 0.6) is 0 Å². The van der Waals surface area contributed by atoms with Crippen LogP contribution < -0.4 is 4.90 Å². The van der Waals surface area contributed by atoms with E-state index in [0.29, 0.717) is 13.1 Å². The minimum absolute atomic E-state index is 0.0246. The largest absolute Gasteiger partial charge is 0.380 e. The summed E-state index contributed by atoms with van der Waals surface area (Å²) in [5.41, 5.74) is 2.87. The van der Waals surface area contributed by atoms with Gasteiger partial charge in [0.15, 0.2) is 0 Å². The molecule has 2 aliphatic heterocycles. The van der Waals surface area contributed by atoms with E-state index in [0.717, 1.165) is 66.0 Å². The van der Waals surface area contributed by atoms with Crippen molar-refractivity contribution in [3.63, 3.8) is 0 Å². The Morgan fingerprint density at radius 1 is 0.853 bits per heavy atom. The summed E-state index contributed by atoms with van der Waals surface area (Å²) in [6, 6.07) is 25.8. The lowest BCUT2D eigenvalue weighted by Crippen LogP contribution is -2.50. The van der Waals surface area contributed by atoms with Gasteiger partial charge < -0.3 is 10.0 Å². The summed E-state index contributed by atoms with van der Waals surface area (Å²) in [6.07, 6.45) is 4.47. The van der Waals surface area contributed by atoms with Crippen LogP contribution in [0.3, 0.4) is 0 Å². The fourth-order valence-corrected chi connectivity index (χ4v) is 5.80. The second-order valence-corrected chi connectivity index (χ2v) is 9.86. The van der Waals surface area contributed by atoms with Gasteiger partial charge in [0.2, 0.25) is 0 Å². The average molecular weight is 475 g/mol. The van der Waals surface area contributed by atoms with Crippen molar-refractivity contribution in [2.45, 2.75) is 37.7 Å². The number of piperidine rings is 1. The third-order valence-electron chi connectivity index (χ3n) is 7.43. The maximum Gasteiger partial charge on any atom is 0.324 e. The molecule has 3 aromatic carbocycles. The van der Waals surface area contributed by atoms with Crippen molar-refractivity contribution in [2.24, 2.45) is 5.92 Å². The molecule has 0 radical (unpaired) electrons. The fraction of sp³-hybridized carbons (Fsp3) is 0.345. The molecular formula is C29H31ClN2O2. The standard InChI is InChI=1S/C29H31ClN2O2/c30-26-14-15-27-22(21-26)9-7-8-18-32(27)28(33)31-19-16-25(17-20-31)29(34,23-10-3-1-4-11-23)24-12-5-2-6-13-24/h1-6,10-15,21,25,34H,7-9,16-20H2. The van der Waals surface area contributed by atoms with Gasteiger partial charge in [0, 0.05) is 30.3 Å². The highest BCUT2D eigenvalue weighted by Gasteiger charge is 2.42. The van der Waals surface area contributed by atoms with E-state index >= 15 is 0 Å². The average Bonchev–Trinajstić information content (AvgIpc) is 3.11. The number of urea groups is 1. The number of nitrogens with zero attached hydrogens (tertiary/aromatic N) is 2. The van der Waals surface area contributed by atoms with Crippen molar-refractivity contribution in [3.05, 3.63) is 101 Å². The molecule has 2 aliphatic rings. The molecule has 1 saturated heterocycles. The van der Waals surface area contributed by atoms with Crippen molar-refractivity contribution < 1.29 is 9.90 Å². The van der Waals surface area contributed by atoms with Gasteiger partial charge >= 0.3 is 6.03 Å². The lowest BCUT2D eigenvalue weighted by Gasteiger charge is -2.43. The normalized spacial score (nSPS) is 17.2. The van der Waals surface area contributed by atoms with E-state index < -0.39 is 5.60 Å². The van der Waals surface area contributed by atoms with Crippen LogP contribution in [0.15, 0.2) is 78.9 Å². The molecule has 0 spiro atoms. The van der Waals surface area contributed by atoms with Crippen LogP contribution >= 0.6 is 11.6 Å². The molecule has 3 aromatic rings. The molecule has 1 N–H and O–H groups in total. The van der Waals surface area contributed by atoms with Gasteiger partial charge in [-0.25, -0.2) is 4.79 Å². The monoisotopic (exact) mass is 474 g/mol. The SMILES string of the molecule is O=C(N1CCC(C(O)(c2ccccc2)c2ccccc2)CC1)N1CCCCc2cc(Cl)ccc21. The van der Waals surface area contributed by atoms with E-state index in [1.165, 1.54) is 0 Å². The van der Waals surface area contributed by atoms with Crippen LogP contribution in [0.1, 0.15) is 42.4 Å². The Labute approximate surface area is 206 Å². The summed E-state index contributed by atoms with van der Waals surface area (Å²) in [5.74, 6) is 0.0246. The summed E-state index contributed by atoms with van der Waals surface area (Å²) in [4.78, 5) is 17.5. The number of carbonyl (C=O) groups is 1. The topological polar surface area (TPSA) is 43.8 Å². The Hall–Kier alpha value is -2.82. The van der Waals surface area contributed by atoms with Crippen LogP contribution in [-0.4, -0.2) is 35.7 Å². The third kappa shape index (κ3) is 4.33. The minimum atomic E-state index is -1.08. The Bertz CT molecular complexity index is 1090. The Kier molecular flexibility index (Phi) is 6.62. The predicted octanol–water partition coefficient (Wildman–Crippen LogP) is 6.25. The van der Waals surface area contributed by atoms with Crippen molar-refractivity contribution in [1.29, 1.82) is 0 Å². The first-order valence-corrected chi connectivity index (χ1v) is 12.6. The summed E-state index contributed by atoms with van der Waals surface area (Å²) in [5, 5.41) is 12.8. The molecule has 0 bridgehead atoms. The quantitative estimate of drug-likeness (QED) is 0.487. The lowest BCUT2D eigenvalue weighted by atomic mass is 9.72. The van der Waals surface area contributed by atoms with E-state index in [-0.39, 0.29) is 11.9 Å². The highest BCUT2D eigenvalue weighted by atomic mass is 35.5. The summed E-state index contributed by atoms with van der Waals surface area (Å²) < 4.78 is 0. The molecule has 5 heteroatoms. The Morgan fingerprint density at radius 2 is 1.47 bits per heavy atom. The molecule has 5 rings (SSSR count). The second-order valence-electron chi connectivity index (χ2n) is 9.42. The number of hydrogen-bond acceptors (Lipinski definition) is 2. The molecule has 0 saturated carbocycles. The maximum absolute atomic E-state index is 13.6. The van der Waals surface area contributed by atoms with Crippen LogP contribution in [0.4, 0.5) is 10.5 Å². The zero-order valence-corrected chi connectivity index (χ0v) is 20.1. The Balaban J connectivity index is 1.36. The van der Waals surface area contributed by atoms with Gasteiger partial charge in [-0.05, 0) is 72.9 Å². The van der Waals surface area contributed by atoms with Gasteiger partial charge in [0.05, 0.1) is 0 Å². The number of benzene rings is 3. The summed E-state index contributed by atoms with van der Waals surface area (Å²) in [6.45, 7) is 1.99. The van der Waals surface area contributed by atoms with E-state index in [1.54, 1.807) is 0 Å². The molecule has 4 nitrogen and oxygen atoms in total. The Morgan fingerprint density at radius 3 is 2.09 bits per heavy atom. The van der Waals surface area contributed by atoms with Crippen molar-refractivity contribution in [1.82, 2.24) is 4.90 Å². The van der Waals surface area contributed by atoms with E-state index in [2.05, 4.69) is 0 Å². The molecular weight excluding hydrogens is 444 g/mol. The predicted molar refractivity (Wildman–Crippen MR) is 137 cm³/mol.